The second kappa shape index (κ2) is 7.94. The van der Waals surface area contributed by atoms with Gasteiger partial charge in [0.1, 0.15) is 5.76 Å². The van der Waals surface area contributed by atoms with E-state index in [1.165, 1.54) is 6.08 Å². The van der Waals surface area contributed by atoms with Crippen LogP contribution in [0.4, 0.5) is 5.69 Å². The average Bonchev–Trinajstić information content (AvgIpc) is 2.97. The number of anilines is 1. The standard InChI is InChI=1S/C20H16BrNO3/c21-13-18-16(12-20(24)25-18)10-15-6-8-17(9-7-15)22-19(23)11-14-4-2-1-3-5-14/h1-9,12-13H,10-11H2,(H,22,23)/b18-13+. The molecule has 126 valence electrons. The molecule has 25 heavy (non-hydrogen) atoms. The van der Waals surface area contributed by atoms with Crippen molar-refractivity contribution < 1.29 is 14.3 Å². The topological polar surface area (TPSA) is 55.4 Å². The molecule has 2 aromatic carbocycles. The highest BCUT2D eigenvalue weighted by atomic mass is 79.9. The quantitative estimate of drug-likeness (QED) is 0.771. The van der Waals surface area contributed by atoms with Crippen LogP contribution in [-0.4, -0.2) is 11.9 Å². The van der Waals surface area contributed by atoms with Gasteiger partial charge in [0.15, 0.2) is 0 Å². The Morgan fingerprint density at radius 1 is 1.04 bits per heavy atom. The Balaban J connectivity index is 1.60. The lowest BCUT2D eigenvalue weighted by atomic mass is 10.0. The molecule has 0 unspecified atom stereocenters. The normalized spacial score (nSPS) is 15.0. The predicted molar refractivity (Wildman–Crippen MR) is 100 cm³/mol. The highest BCUT2D eigenvalue weighted by Crippen LogP contribution is 2.25. The second-order valence-electron chi connectivity index (χ2n) is 5.65. The molecule has 1 N–H and O–H groups in total. The first-order valence-corrected chi connectivity index (χ1v) is 8.71. The summed E-state index contributed by atoms with van der Waals surface area (Å²) in [5.74, 6) is 0.122. The number of rotatable bonds is 5. The van der Waals surface area contributed by atoms with Gasteiger partial charge in [-0.25, -0.2) is 4.79 Å². The maximum absolute atomic E-state index is 12.1. The summed E-state index contributed by atoms with van der Waals surface area (Å²) in [6.45, 7) is 0. The van der Waals surface area contributed by atoms with Crippen molar-refractivity contribution in [2.45, 2.75) is 12.8 Å². The lowest BCUT2D eigenvalue weighted by Gasteiger charge is -2.07. The van der Waals surface area contributed by atoms with E-state index in [4.69, 9.17) is 4.74 Å². The van der Waals surface area contributed by atoms with Gasteiger partial charge in [0.2, 0.25) is 5.91 Å². The summed E-state index contributed by atoms with van der Waals surface area (Å²) in [5.41, 5.74) is 3.57. The Hall–Kier alpha value is -2.66. The summed E-state index contributed by atoms with van der Waals surface area (Å²) in [5, 5.41) is 2.89. The molecule has 4 nitrogen and oxygen atoms in total. The zero-order valence-electron chi connectivity index (χ0n) is 13.4. The van der Waals surface area contributed by atoms with Gasteiger partial charge in [-0.3, -0.25) is 4.79 Å². The molecule has 0 fully saturated rings. The van der Waals surface area contributed by atoms with Gasteiger partial charge < -0.3 is 10.1 Å². The van der Waals surface area contributed by atoms with Crippen LogP contribution in [0.2, 0.25) is 0 Å². The summed E-state index contributed by atoms with van der Waals surface area (Å²) in [6.07, 6.45) is 2.42. The van der Waals surface area contributed by atoms with E-state index in [-0.39, 0.29) is 11.9 Å². The second-order valence-corrected chi connectivity index (χ2v) is 6.11. The number of allylic oxidation sites excluding steroid dienone is 1. The molecule has 0 radical (unpaired) electrons. The maximum atomic E-state index is 12.1. The number of nitrogens with one attached hydrogen (secondary N) is 1. The number of hydrogen-bond donors (Lipinski definition) is 1. The maximum Gasteiger partial charge on any atom is 0.336 e. The van der Waals surface area contributed by atoms with Gasteiger partial charge in [-0.15, -0.1) is 0 Å². The van der Waals surface area contributed by atoms with Crippen LogP contribution in [0.5, 0.6) is 0 Å². The van der Waals surface area contributed by atoms with Crippen LogP contribution in [0.1, 0.15) is 11.1 Å². The van der Waals surface area contributed by atoms with Gasteiger partial charge in [-0.1, -0.05) is 58.4 Å². The average molecular weight is 398 g/mol. The van der Waals surface area contributed by atoms with Crippen LogP contribution in [0.3, 0.4) is 0 Å². The minimum Gasteiger partial charge on any atom is -0.422 e. The van der Waals surface area contributed by atoms with Crippen molar-refractivity contribution >= 4 is 33.5 Å². The molecule has 1 heterocycles. The first-order chi connectivity index (χ1) is 12.1. The molecule has 2 aromatic rings. The van der Waals surface area contributed by atoms with Gasteiger partial charge in [-0.05, 0) is 23.3 Å². The number of carbonyl (C=O) groups excluding carboxylic acids is 2. The molecule has 0 aromatic heterocycles. The van der Waals surface area contributed by atoms with Crippen LogP contribution in [0, 0.1) is 0 Å². The van der Waals surface area contributed by atoms with Crippen LogP contribution in [-0.2, 0) is 27.2 Å². The fraction of sp³-hybridized carbons (Fsp3) is 0.100. The number of amides is 1. The highest BCUT2D eigenvalue weighted by Gasteiger charge is 2.19. The number of benzene rings is 2. The van der Waals surface area contributed by atoms with Gasteiger partial charge >= 0.3 is 5.97 Å². The van der Waals surface area contributed by atoms with Gasteiger partial charge in [0, 0.05) is 28.7 Å². The van der Waals surface area contributed by atoms with Crippen LogP contribution < -0.4 is 5.32 Å². The van der Waals surface area contributed by atoms with Crippen molar-refractivity contribution in [1.29, 1.82) is 0 Å². The molecular weight excluding hydrogens is 382 g/mol. The number of halogens is 1. The number of ether oxygens (including phenoxy) is 1. The molecule has 0 saturated carbocycles. The summed E-state index contributed by atoms with van der Waals surface area (Å²) < 4.78 is 5.05. The summed E-state index contributed by atoms with van der Waals surface area (Å²) in [4.78, 5) is 25.0. The molecule has 0 bridgehead atoms. The molecule has 1 aliphatic heterocycles. The Labute approximate surface area is 154 Å². The minimum atomic E-state index is -0.356. The molecule has 0 saturated heterocycles. The monoisotopic (exact) mass is 397 g/mol. The molecule has 3 rings (SSSR count). The number of esters is 1. The first kappa shape index (κ1) is 17.2. The van der Waals surface area contributed by atoms with Gasteiger partial charge in [-0.2, -0.15) is 0 Å². The Kier molecular flexibility index (Phi) is 5.46. The van der Waals surface area contributed by atoms with Crippen molar-refractivity contribution in [1.82, 2.24) is 0 Å². The Morgan fingerprint density at radius 3 is 2.44 bits per heavy atom. The van der Waals surface area contributed by atoms with Crippen LogP contribution in [0.15, 0.2) is 77.0 Å². The molecule has 1 aliphatic rings. The van der Waals surface area contributed by atoms with Crippen molar-refractivity contribution in [2.24, 2.45) is 0 Å². The van der Waals surface area contributed by atoms with E-state index < -0.39 is 0 Å². The number of cyclic esters (lactones) is 1. The zero-order valence-corrected chi connectivity index (χ0v) is 15.0. The van der Waals surface area contributed by atoms with Crippen molar-refractivity contribution in [3.8, 4) is 0 Å². The summed E-state index contributed by atoms with van der Waals surface area (Å²) in [6, 6.07) is 17.2. The van der Waals surface area contributed by atoms with Crippen molar-refractivity contribution in [3.05, 3.63) is 88.1 Å². The highest BCUT2D eigenvalue weighted by molar-refractivity contribution is 9.11. The molecule has 0 spiro atoms. The van der Waals surface area contributed by atoms with Crippen LogP contribution in [0.25, 0.3) is 0 Å². The van der Waals surface area contributed by atoms with E-state index in [2.05, 4.69) is 21.2 Å². The first-order valence-electron chi connectivity index (χ1n) is 7.80. The lowest BCUT2D eigenvalue weighted by Crippen LogP contribution is -2.14. The fourth-order valence-electron chi connectivity index (χ4n) is 2.56. The third kappa shape index (κ3) is 4.67. The van der Waals surface area contributed by atoms with Crippen LogP contribution >= 0.6 is 15.9 Å². The smallest absolute Gasteiger partial charge is 0.336 e. The Morgan fingerprint density at radius 2 is 1.76 bits per heavy atom. The lowest BCUT2D eigenvalue weighted by molar-refractivity contribution is -0.132. The largest absolute Gasteiger partial charge is 0.422 e. The zero-order chi connectivity index (χ0) is 17.6. The molecule has 1 amide bonds. The predicted octanol–water partition coefficient (Wildman–Crippen LogP) is 4.13. The van der Waals surface area contributed by atoms with E-state index in [9.17, 15) is 9.59 Å². The third-order valence-corrected chi connectivity index (χ3v) is 4.17. The van der Waals surface area contributed by atoms with E-state index in [1.54, 1.807) is 4.99 Å². The summed E-state index contributed by atoms with van der Waals surface area (Å²) in [7, 11) is 0. The minimum absolute atomic E-state index is 0.0547. The molecule has 0 atom stereocenters. The SMILES string of the molecule is O=C(Cc1ccccc1)Nc1ccc(CC2=CC(=O)O/C2=C/Br)cc1. The van der Waals surface area contributed by atoms with Crippen molar-refractivity contribution in [2.75, 3.05) is 5.32 Å². The fourth-order valence-corrected chi connectivity index (χ4v) is 2.95. The van der Waals surface area contributed by atoms with Gasteiger partial charge in [0.05, 0.1) is 6.42 Å². The van der Waals surface area contributed by atoms with E-state index >= 15 is 0 Å². The van der Waals surface area contributed by atoms with E-state index in [0.29, 0.717) is 18.6 Å². The summed E-state index contributed by atoms with van der Waals surface area (Å²) >= 11 is 3.20. The van der Waals surface area contributed by atoms with Gasteiger partial charge in [0.25, 0.3) is 0 Å². The Bertz CT molecular complexity index is 839. The third-order valence-electron chi connectivity index (χ3n) is 3.76. The van der Waals surface area contributed by atoms with Crippen molar-refractivity contribution in [3.63, 3.8) is 0 Å². The molecular formula is C20H16BrNO3. The number of carbonyl (C=O) groups is 2. The molecule has 0 aliphatic carbocycles. The molecule has 5 heteroatoms. The van der Waals surface area contributed by atoms with E-state index in [1.807, 2.05) is 54.6 Å². The van der Waals surface area contributed by atoms with E-state index in [0.717, 1.165) is 22.4 Å². The number of hydrogen-bond acceptors (Lipinski definition) is 3.